The Labute approximate surface area is 184 Å². The molecule has 0 saturated heterocycles. The van der Waals surface area contributed by atoms with Crippen LogP contribution < -0.4 is 15.0 Å². The van der Waals surface area contributed by atoms with E-state index in [0.29, 0.717) is 35.1 Å². The van der Waals surface area contributed by atoms with E-state index >= 15 is 0 Å². The largest absolute Gasteiger partial charge is 0.493 e. The van der Waals surface area contributed by atoms with Gasteiger partial charge in [0.25, 0.3) is 0 Å². The van der Waals surface area contributed by atoms with E-state index in [1.165, 1.54) is 18.2 Å². The molecule has 0 unspecified atom stereocenters. The first-order valence-electron chi connectivity index (χ1n) is 10.1. The number of benzene rings is 1. The van der Waals surface area contributed by atoms with Crippen LogP contribution in [-0.4, -0.2) is 36.4 Å². The zero-order chi connectivity index (χ0) is 21.8. The fraction of sp³-hybridized carbons (Fsp3) is 0.304. The Balaban J connectivity index is 1.80. The lowest BCUT2D eigenvalue weighted by Gasteiger charge is -2.20. The normalized spacial score (nSPS) is 14.0. The minimum atomic E-state index is -0.504. The average molecular weight is 443 g/mol. The van der Waals surface area contributed by atoms with E-state index in [1.54, 1.807) is 17.8 Å². The average Bonchev–Trinajstić information content (AvgIpc) is 2.75. The minimum Gasteiger partial charge on any atom is -0.493 e. The second-order valence-electron chi connectivity index (χ2n) is 7.44. The summed E-state index contributed by atoms with van der Waals surface area (Å²) < 4.78 is 34.4. The Morgan fingerprint density at radius 1 is 1.10 bits per heavy atom. The van der Waals surface area contributed by atoms with Gasteiger partial charge in [-0.2, -0.15) is 11.8 Å². The first kappa shape index (κ1) is 21.4. The molecule has 0 spiro atoms. The molecule has 31 heavy (non-hydrogen) atoms. The molecule has 162 valence electrons. The van der Waals surface area contributed by atoms with Crippen molar-refractivity contribution >= 4 is 29.2 Å². The number of fused-ring (bicyclic) bond motifs is 6. The first-order chi connectivity index (χ1) is 15.0. The van der Waals surface area contributed by atoms with Crippen LogP contribution in [-0.2, 0) is 5.75 Å². The predicted octanol–water partition coefficient (Wildman–Crippen LogP) is 5.64. The molecule has 0 saturated carbocycles. The summed E-state index contributed by atoms with van der Waals surface area (Å²) in [7, 11) is 2.01. The van der Waals surface area contributed by atoms with Crippen LogP contribution in [0.5, 0.6) is 5.75 Å². The molecule has 0 amide bonds. The van der Waals surface area contributed by atoms with Crippen LogP contribution >= 0.6 is 11.8 Å². The van der Waals surface area contributed by atoms with E-state index in [4.69, 9.17) is 9.72 Å². The van der Waals surface area contributed by atoms with E-state index in [1.807, 2.05) is 13.1 Å². The third kappa shape index (κ3) is 5.07. The molecule has 1 aliphatic heterocycles. The number of aromatic nitrogens is 2. The van der Waals surface area contributed by atoms with Crippen LogP contribution in [0.2, 0.25) is 0 Å². The molecule has 8 heteroatoms. The number of nitrogens with one attached hydrogen (secondary N) is 1. The topological polar surface area (TPSA) is 50.3 Å². The van der Waals surface area contributed by atoms with Crippen LogP contribution in [0, 0.1) is 11.6 Å². The molecule has 1 aliphatic rings. The lowest BCUT2D eigenvalue weighted by Crippen LogP contribution is -2.20. The van der Waals surface area contributed by atoms with Gasteiger partial charge in [-0.3, -0.25) is 0 Å². The van der Waals surface area contributed by atoms with Crippen molar-refractivity contribution in [3.8, 4) is 16.9 Å². The van der Waals surface area contributed by atoms with Gasteiger partial charge < -0.3 is 15.0 Å². The Morgan fingerprint density at radius 3 is 2.81 bits per heavy atom. The zero-order valence-electron chi connectivity index (χ0n) is 17.5. The van der Waals surface area contributed by atoms with Crippen molar-refractivity contribution in [1.29, 1.82) is 0 Å². The summed E-state index contributed by atoms with van der Waals surface area (Å²) in [5.74, 6) is 2.19. The lowest BCUT2D eigenvalue weighted by atomic mass is 10.0. The Kier molecular flexibility index (Phi) is 6.56. The van der Waals surface area contributed by atoms with E-state index in [2.05, 4.69) is 27.5 Å². The number of nitrogens with zero attached hydrogens (tertiary/aromatic N) is 3. The summed E-state index contributed by atoms with van der Waals surface area (Å²) in [6, 6.07) is 9.79. The molecule has 0 fully saturated rings. The number of ether oxygens (including phenoxy) is 1. The quantitative estimate of drug-likeness (QED) is 0.555. The van der Waals surface area contributed by atoms with E-state index in [9.17, 15) is 8.78 Å². The maximum atomic E-state index is 14.7. The standard InChI is InChI=1S/C23H24F2N4OS/c1-29-7-3-4-8-30-20-11-16(24)5-6-17(20)18-12-21(26-13-19(18)25)27-22-9-15(14-31-2)10-23(29)28-22/h5-6,9-13H,3-4,7-8,14H2,1-2H3,(H,26,27,28). The molecule has 5 nitrogen and oxygen atoms in total. The third-order valence-corrected chi connectivity index (χ3v) is 5.69. The molecule has 4 bridgehead atoms. The second kappa shape index (κ2) is 9.51. The molecule has 2 aromatic heterocycles. The minimum absolute atomic E-state index is 0.292. The summed E-state index contributed by atoms with van der Waals surface area (Å²) >= 11 is 1.73. The highest BCUT2D eigenvalue weighted by Gasteiger charge is 2.16. The summed E-state index contributed by atoms with van der Waals surface area (Å²) in [4.78, 5) is 11.0. The van der Waals surface area contributed by atoms with Crippen molar-refractivity contribution in [2.24, 2.45) is 0 Å². The van der Waals surface area contributed by atoms with E-state index in [-0.39, 0.29) is 0 Å². The van der Waals surface area contributed by atoms with Crippen LogP contribution in [0.1, 0.15) is 18.4 Å². The molecule has 0 radical (unpaired) electrons. The van der Waals surface area contributed by atoms with Gasteiger partial charge >= 0.3 is 0 Å². The molecule has 1 N–H and O–H groups in total. The van der Waals surface area contributed by atoms with Gasteiger partial charge in [0.2, 0.25) is 0 Å². The van der Waals surface area contributed by atoms with Crippen molar-refractivity contribution in [2.45, 2.75) is 18.6 Å². The monoisotopic (exact) mass is 442 g/mol. The van der Waals surface area contributed by atoms with Crippen molar-refractivity contribution in [2.75, 3.05) is 36.7 Å². The van der Waals surface area contributed by atoms with Crippen molar-refractivity contribution in [1.82, 2.24) is 9.97 Å². The molecule has 4 rings (SSSR count). The lowest BCUT2D eigenvalue weighted by molar-refractivity contribution is 0.307. The number of hydrogen-bond acceptors (Lipinski definition) is 6. The number of hydrogen-bond donors (Lipinski definition) is 1. The van der Waals surface area contributed by atoms with Crippen LogP contribution in [0.4, 0.5) is 26.2 Å². The highest BCUT2D eigenvalue weighted by molar-refractivity contribution is 7.97. The SMILES string of the molecule is CSCc1cc2nc(c1)N(C)CCCCOc1cc(F)ccc1-c1cc(ncc1F)N2. The van der Waals surface area contributed by atoms with Crippen molar-refractivity contribution in [3.05, 3.63) is 59.8 Å². The molecule has 1 aromatic carbocycles. The van der Waals surface area contributed by atoms with E-state index < -0.39 is 11.6 Å². The number of pyridine rings is 2. The maximum absolute atomic E-state index is 14.7. The molecule has 3 heterocycles. The van der Waals surface area contributed by atoms with Crippen LogP contribution in [0.15, 0.2) is 42.6 Å². The maximum Gasteiger partial charge on any atom is 0.149 e. The molecule has 0 atom stereocenters. The van der Waals surface area contributed by atoms with Gasteiger partial charge in [-0.15, -0.1) is 0 Å². The van der Waals surface area contributed by atoms with Crippen molar-refractivity contribution in [3.63, 3.8) is 0 Å². The van der Waals surface area contributed by atoms with Gasteiger partial charge in [0.1, 0.15) is 34.8 Å². The highest BCUT2D eigenvalue weighted by atomic mass is 32.2. The third-order valence-electron chi connectivity index (χ3n) is 5.06. The Hall–Kier alpha value is -2.87. The molecule has 3 aromatic rings. The summed E-state index contributed by atoms with van der Waals surface area (Å²) in [6.45, 7) is 1.21. The molecular weight excluding hydrogens is 418 g/mol. The summed E-state index contributed by atoms with van der Waals surface area (Å²) in [6.07, 6.45) is 4.87. The van der Waals surface area contributed by atoms with Gasteiger partial charge in [0, 0.05) is 36.5 Å². The van der Waals surface area contributed by atoms with Gasteiger partial charge in [-0.25, -0.2) is 18.7 Å². The highest BCUT2D eigenvalue weighted by Crippen LogP contribution is 2.34. The Morgan fingerprint density at radius 2 is 1.97 bits per heavy atom. The zero-order valence-corrected chi connectivity index (χ0v) is 18.3. The number of thioether (sulfide) groups is 1. The summed E-state index contributed by atoms with van der Waals surface area (Å²) in [5.41, 5.74) is 1.92. The summed E-state index contributed by atoms with van der Waals surface area (Å²) in [5, 5.41) is 3.20. The number of anilines is 3. The second-order valence-corrected chi connectivity index (χ2v) is 8.31. The first-order valence-corrected chi connectivity index (χ1v) is 11.5. The van der Waals surface area contributed by atoms with Gasteiger partial charge in [-0.05, 0) is 55.0 Å². The van der Waals surface area contributed by atoms with Crippen LogP contribution in [0.25, 0.3) is 11.1 Å². The van der Waals surface area contributed by atoms with Crippen molar-refractivity contribution < 1.29 is 13.5 Å². The van der Waals surface area contributed by atoms with Gasteiger partial charge in [0.05, 0.1) is 12.8 Å². The fourth-order valence-electron chi connectivity index (χ4n) is 3.51. The fourth-order valence-corrected chi connectivity index (χ4v) is 4.01. The van der Waals surface area contributed by atoms with Crippen LogP contribution in [0.3, 0.4) is 0 Å². The van der Waals surface area contributed by atoms with Gasteiger partial charge in [0.15, 0.2) is 0 Å². The smallest absolute Gasteiger partial charge is 0.149 e. The predicted molar refractivity (Wildman–Crippen MR) is 122 cm³/mol. The number of halogens is 2. The number of rotatable bonds is 2. The van der Waals surface area contributed by atoms with E-state index in [0.717, 1.165) is 42.7 Å². The molecular formula is C23H24F2N4OS. The van der Waals surface area contributed by atoms with Gasteiger partial charge in [-0.1, -0.05) is 0 Å². The molecule has 0 aliphatic carbocycles. The Bertz CT molecular complexity index is 1080.